The molecule has 0 unspecified atom stereocenters. The summed E-state index contributed by atoms with van der Waals surface area (Å²) in [6.07, 6.45) is 1.11. The van der Waals surface area contributed by atoms with Crippen LogP contribution in [0.5, 0.6) is 0 Å². The third kappa shape index (κ3) is 4.27. The zero-order valence-electron chi connectivity index (χ0n) is 18.9. The minimum absolute atomic E-state index is 0.262. The molecule has 3 N–H and O–H groups in total. The normalized spacial score (nSPS) is 11.6. The number of rotatable bonds is 6. The van der Waals surface area contributed by atoms with Gasteiger partial charge in [0.05, 0.1) is 17.5 Å². The van der Waals surface area contributed by atoms with Gasteiger partial charge in [0.25, 0.3) is 5.91 Å². The Labute approximate surface area is 197 Å². The molecule has 0 saturated carbocycles. The van der Waals surface area contributed by atoms with Crippen LogP contribution in [0.25, 0.3) is 33.4 Å². The van der Waals surface area contributed by atoms with E-state index < -0.39 is 15.8 Å². The summed E-state index contributed by atoms with van der Waals surface area (Å²) in [5.74, 6) is -0.536. The van der Waals surface area contributed by atoms with Crippen LogP contribution in [0.4, 0.5) is 10.1 Å². The fourth-order valence-corrected chi connectivity index (χ4v) is 4.29. The highest BCUT2D eigenvalue weighted by atomic mass is 32.2. The standard InChI is InChI=1S/C25H24FN3O4S/c1-28-25(30)23-20-12-19(16-6-4-15(14-27)5-7-16)21(29(2)34(3,31)32)13-22(20)33-24(23)17-8-10-18(26)11-9-17/h4-13H,14,27H2,1-3H3,(H,28,30). The maximum Gasteiger partial charge on any atom is 0.255 e. The van der Waals surface area contributed by atoms with Crippen LogP contribution in [0, 0.1) is 5.82 Å². The van der Waals surface area contributed by atoms with E-state index in [9.17, 15) is 17.6 Å². The number of fused-ring (bicyclic) bond motifs is 1. The van der Waals surface area contributed by atoms with Gasteiger partial charge >= 0.3 is 0 Å². The molecule has 0 bridgehead atoms. The van der Waals surface area contributed by atoms with Crippen LogP contribution in [-0.4, -0.2) is 34.7 Å². The number of nitrogens with zero attached hydrogens (tertiary/aromatic N) is 1. The molecule has 0 aliphatic rings. The number of halogens is 1. The lowest BCUT2D eigenvalue weighted by Gasteiger charge is -2.21. The van der Waals surface area contributed by atoms with Crippen LogP contribution in [-0.2, 0) is 16.6 Å². The molecule has 3 aromatic carbocycles. The van der Waals surface area contributed by atoms with Gasteiger partial charge < -0.3 is 15.5 Å². The predicted octanol–water partition coefficient (Wildman–Crippen LogP) is 4.12. The second-order valence-corrected chi connectivity index (χ2v) is 9.90. The summed E-state index contributed by atoms with van der Waals surface area (Å²) >= 11 is 0. The summed E-state index contributed by atoms with van der Waals surface area (Å²) in [5, 5.41) is 3.13. The smallest absolute Gasteiger partial charge is 0.255 e. The Balaban J connectivity index is 2.05. The first-order chi connectivity index (χ1) is 16.1. The Kier molecular flexibility index (Phi) is 6.16. The molecule has 4 aromatic rings. The van der Waals surface area contributed by atoms with Gasteiger partial charge in [-0.1, -0.05) is 24.3 Å². The molecule has 1 amide bonds. The van der Waals surface area contributed by atoms with Crippen molar-refractivity contribution in [3.8, 4) is 22.5 Å². The van der Waals surface area contributed by atoms with E-state index in [-0.39, 0.29) is 17.2 Å². The molecule has 34 heavy (non-hydrogen) atoms. The molecule has 7 nitrogen and oxygen atoms in total. The third-order valence-corrected chi connectivity index (χ3v) is 6.90. The lowest BCUT2D eigenvalue weighted by Crippen LogP contribution is -2.25. The van der Waals surface area contributed by atoms with Crippen molar-refractivity contribution >= 4 is 32.6 Å². The summed E-state index contributed by atoms with van der Waals surface area (Å²) in [7, 11) is -0.634. The van der Waals surface area contributed by atoms with Crippen LogP contribution >= 0.6 is 0 Å². The average Bonchev–Trinajstić information content (AvgIpc) is 3.20. The van der Waals surface area contributed by atoms with Gasteiger partial charge in [-0.15, -0.1) is 0 Å². The maximum absolute atomic E-state index is 13.5. The van der Waals surface area contributed by atoms with Crippen molar-refractivity contribution in [1.82, 2.24) is 5.32 Å². The fourth-order valence-electron chi connectivity index (χ4n) is 3.78. The fraction of sp³-hybridized carbons (Fsp3) is 0.160. The molecular formula is C25H24FN3O4S. The molecule has 0 spiro atoms. The topological polar surface area (TPSA) is 106 Å². The van der Waals surface area contributed by atoms with E-state index in [1.54, 1.807) is 12.1 Å². The van der Waals surface area contributed by atoms with Crippen molar-refractivity contribution in [3.63, 3.8) is 0 Å². The van der Waals surface area contributed by atoms with Crippen molar-refractivity contribution in [2.75, 3.05) is 24.7 Å². The number of benzene rings is 3. The summed E-state index contributed by atoms with van der Waals surface area (Å²) in [6.45, 7) is 0.374. The van der Waals surface area contributed by atoms with Gasteiger partial charge in [0.2, 0.25) is 10.0 Å². The molecule has 9 heteroatoms. The number of sulfonamides is 1. The molecule has 0 aliphatic heterocycles. The van der Waals surface area contributed by atoms with Gasteiger partial charge in [-0.3, -0.25) is 9.10 Å². The Morgan fingerprint density at radius 3 is 2.24 bits per heavy atom. The Morgan fingerprint density at radius 2 is 1.68 bits per heavy atom. The highest BCUT2D eigenvalue weighted by Crippen LogP contribution is 2.41. The SMILES string of the molecule is CNC(=O)c1c(-c2ccc(F)cc2)oc2cc(N(C)S(C)(=O)=O)c(-c3ccc(CN)cc3)cc12. The second-order valence-electron chi connectivity index (χ2n) is 7.89. The molecule has 1 heterocycles. The lowest BCUT2D eigenvalue weighted by atomic mass is 9.97. The van der Waals surface area contributed by atoms with Crippen molar-refractivity contribution < 1.29 is 22.0 Å². The molecule has 4 rings (SSSR count). The number of hydrogen-bond donors (Lipinski definition) is 2. The van der Waals surface area contributed by atoms with Gasteiger partial charge in [0, 0.05) is 43.2 Å². The van der Waals surface area contributed by atoms with E-state index in [0.29, 0.717) is 34.3 Å². The molecule has 1 aromatic heterocycles. The van der Waals surface area contributed by atoms with E-state index in [0.717, 1.165) is 21.7 Å². The Hall–Kier alpha value is -3.69. The van der Waals surface area contributed by atoms with Crippen molar-refractivity contribution in [2.24, 2.45) is 5.73 Å². The van der Waals surface area contributed by atoms with Gasteiger partial charge in [-0.25, -0.2) is 12.8 Å². The van der Waals surface area contributed by atoms with E-state index in [2.05, 4.69) is 5.32 Å². The highest BCUT2D eigenvalue weighted by molar-refractivity contribution is 7.92. The second kappa shape index (κ2) is 8.92. The summed E-state index contributed by atoms with van der Waals surface area (Å²) in [4.78, 5) is 12.9. The molecule has 0 aliphatic carbocycles. The summed E-state index contributed by atoms with van der Waals surface area (Å²) in [6, 6.07) is 16.4. The van der Waals surface area contributed by atoms with Crippen LogP contribution < -0.4 is 15.4 Å². The number of furan rings is 1. The highest BCUT2D eigenvalue weighted by Gasteiger charge is 2.25. The monoisotopic (exact) mass is 481 g/mol. The Bertz CT molecular complexity index is 1480. The molecule has 0 fully saturated rings. The van der Waals surface area contributed by atoms with Gasteiger partial charge in [0.15, 0.2) is 0 Å². The van der Waals surface area contributed by atoms with Gasteiger partial charge in [-0.2, -0.15) is 0 Å². The number of anilines is 1. The minimum atomic E-state index is -3.60. The lowest BCUT2D eigenvalue weighted by molar-refractivity contribution is 0.0964. The molecular weight excluding hydrogens is 457 g/mol. The first-order valence-electron chi connectivity index (χ1n) is 10.5. The number of carbonyl (C=O) groups is 1. The van der Waals surface area contributed by atoms with E-state index in [4.69, 9.17) is 10.2 Å². The van der Waals surface area contributed by atoms with Crippen LogP contribution in [0.15, 0.2) is 65.1 Å². The molecule has 0 saturated heterocycles. The van der Waals surface area contributed by atoms with Gasteiger partial charge in [-0.05, 0) is 41.5 Å². The van der Waals surface area contributed by atoms with Crippen molar-refractivity contribution in [2.45, 2.75) is 6.54 Å². The number of amides is 1. The first-order valence-corrected chi connectivity index (χ1v) is 12.3. The van der Waals surface area contributed by atoms with Crippen LogP contribution in [0.2, 0.25) is 0 Å². The van der Waals surface area contributed by atoms with E-state index >= 15 is 0 Å². The molecule has 0 atom stereocenters. The maximum atomic E-state index is 13.5. The van der Waals surface area contributed by atoms with E-state index in [1.807, 2.05) is 24.3 Å². The predicted molar refractivity (Wildman–Crippen MR) is 132 cm³/mol. The van der Waals surface area contributed by atoms with Gasteiger partial charge in [0.1, 0.15) is 17.2 Å². The summed E-state index contributed by atoms with van der Waals surface area (Å²) < 4.78 is 45.5. The quantitative estimate of drug-likeness (QED) is 0.431. The van der Waals surface area contributed by atoms with E-state index in [1.165, 1.54) is 38.4 Å². The third-order valence-electron chi connectivity index (χ3n) is 5.70. The average molecular weight is 482 g/mol. The summed E-state index contributed by atoms with van der Waals surface area (Å²) in [5.41, 5.74) is 9.49. The zero-order chi connectivity index (χ0) is 24.6. The van der Waals surface area contributed by atoms with Crippen LogP contribution in [0.1, 0.15) is 15.9 Å². The molecule has 176 valence electrons. The minimum Gasteiger partial charge on any atom is -0.455 e. The first kappa shape index (κ1) is 23.5. The largest absolute Gasteiger partial charge is 0.455 e. The Morgan fingerprint density at radius 1 is 1.06 bits per heavy atom. The van der Waals surface area contributed by atoms with Crippen molar-refractivity contribution in [1.29, 1.82) is 0 Å². The van der Waals surface area contributed by atoms with Crippen molar-refractivity contribution in [3.05, 3.63) is 77.6 Å². The number of hydrogen-bond acceptors (Lipinski definition) is 5. The number of nitrogens with two attached hydrogens (primary N) is 1. The van der Waals surface area contributed by atoms with Crippen LogP contribution in [0.3, 0.4) is 0 Å². The zero-order valence-corrected chi connectivity index (χ0v) is 19.7. The molecule has 0 radical (unpaired) electrons. The number of nitrogens with one attached hydrogen (secondary N) is 1. The number of carbonyl (C=O) groups excluding carboxylic acids is 1.